The number of aromatic nitrogens is 4. The van der Waals surface area contributed by atoms with E-state index in [0.717, 1.165) is 4.88 Å². The number of carbonyl (C=O) groups excluding carboxylic acids is 1. The lowest BCUT2D eigenvalue weighted by atomic mass is 9.96. The van der Waals surface area contributed by atoms with Gasteiger partial charge in [0, 0.05) is 28.9 Å². The fourth-order valence-corrected chi connectivity index (χ4v) is 2.85. The number of nitrogens with zero attached hydrogens (tertiary/aromatic N) is 5. The maximum absolute atomic E-state index is 12.3. The maximum Gasteiger partial charge on any atom is 0.253 e. The number of carbonyl (C=O) groups is 1. The van der Waals surface area contributed by atoms with Crippen LogP contribution in [0.3, 0.4) is 0 Å². The van der Waals surface area contributed by atoms with Gasteiger partial charge in [0.15, 0.2) is 10.6 Å². The average Bonchev–Trinajstić information content (AvgIpc) is 3.16. The lowest BCUT2D eigenvalue weighted by Crippen LogP contribution is -2.23. The van der Waals surface area contributed by atoms with Gasteiger partial charge < -0.3 is 0 Å². The molecule has 1 amide bonds. The van der Waals surface area contributed by atoms with Crippen LogP contribution in [0.25, 0.3) is 11.6 Å². The molecule has 3 rings (SSSR count). The predicted octanol–water partition coefficient (Wildman–Crippen LogP) is 2.90. The third kappa shape index (κ3) is 3.35. The van der Waals surface area contributed by atoms with Crippen molar-refractivity contribution in [3.05, 3.63) is 52.5 Å². The van der Waals surface area contributed by atoms with E-state index in [4.69, 9.17) is 0 Å². The molecule has 7 heteroatoms. The molecule has 3 aromatic rings. The molecule has 6 nitrogen and oxygen atoms in total. The van der Waals surface area contributed by atoms with Gasteiger partial charge in [-0.15, -0.1) is 11.3 Å². The smallest absolute Gasteiger partial charge is 0.253 e. The summed E-state index contributed by atoms with van der Waals surface area (Å²) in [6, 6.07) is 7.53. The molecular weight excluding hydrogens is 322 g/mol. The van der Waals surface area contributed by atoms with Gasteiger partial charge in [-0.05, 0) is 25.1 Å². The first-order chi connectivity index (χ1) is 11.3. The van der Waals surface area contributed by atoms with Crippen molar-refractivity contribution in [2.24, 2.45) is 10.4 Å². The SMILES string of the molecule is Cc1cn(-c2cccc(-n3cccn3)n2)c(=NC(=O)C(C)(C)C)s1. The topological polar surface area (TPSA) is 65.1 Å². The monoisotopic (exact) mass is 341 g/mol. The van der Waals surface area contributed by atoms with Crippen molar-refractivity contribution in [2.45, 2.75) is 27.7 Å². The Balaban J connectivity index is 2.10. The molecule has 0 aromatic carbocycles. The molecule has 0 bridgehead atoms. The second-order valence-corrected chi connectivity index (χ2v) is 7.68. The molecule has 0 N–H and O–H groups in total. The molecule has 124 valence electrons. The number of rotatable bonds is 2. The number of hydrogen-bond donors (Lipinski definition) is 0. The molecule has 24 heavy (non-hydrogen) atoms. The maximum atomic E-state index is 12.3. The summed E-state index contributed by atoms with van der Waals surface area (Å²) in [6.07, 6.45) is 5.48. The molecule has 0 saturated carbocycles. The first kappa shape index (κ1) is 16.3. The zero-order valence-corrected chi connectivity index (χ0v) is 14.9. The number of amides is 1. The Morgan fingerprint density at radius 2 is 1.96 bits per heavy atom. The summed E-state index contributed by atoms with van der Waals surface area (Å²) in [6.45, 7) is 7.57. The van der Waals surface area contributed by atoms with Crippen molar-refractivity contribution < 1.29 is 4.79 Å². The first-order valence-electron chi connectivity index (χ1n) is 7.60. The summed E-state index contributed by atoms with van der Waals surface area (Å²) in [4.78, 5) is 22.9. The van der Waals surface area contributed by atoms with Gasteiger partial charge in [-0.25, -0.2) is 9.67 Å². The number of pyridine rings is 1. The Bertz CT molecular complexity index is 929. The van der Waals surface area contributed by atoms with Gasteiger partial charge in [0.25, 0.3) is 5.91 Å². The Hall–Kier alpha value is -2.54. The summed E-state index contributed by atoms with van der Waals surface area (Å²) >= 11 is 1.47. The summed E-state index contributed by atoms with van der Waals surface area (Å²) in [7, 11) is 0. The summed E-state index contributed by atoms with van der Waals surface area (Å²) in [5.41, 5.74) is -0.514. The third-order valence-electron chi connectivity index (χ3n) is 3.31. The summed E-state index contributed by atoms with van der Waals surface area (Å²) in [5, 5.41) is 4.20. The molecular formula is C17H19N5OS. The minimum absolute atomic E-state index is 0.152. The molecule has 0 atom stereocenters. The van der Waals surface area contributed by atoms with Crippen LogP contribution in [0.5, 0.6) is 0 Å². The zero-order chi connectivity index (χ0) is 17.3. The van der Waals surface area contributed by atoms with Crippen molar-refractivity contribution in [1.29, 1.82) is 0 Å². The van der Waals surface area contributed by atoms with Crippen LogP contribution in [0.1, 0.15) is 25.6 Å². The lowest BCUT2D eigenvalue weighted by molar-refractivity contribution is -0.125. The van der Waals surface area contributed by atoms with Crippen molar-refractivity contribution in [2.75, 3.05) is 0 Å². The van der Waals surface area contributed by atoms with E-state index in [-0.39, 0.29) is 5.91 Å². The van der Waals surface area contributed by atoms with E-state index in [2.05, 4.69) is 15.1 Å². The minimum Gasteiger partial charge on any atom is -0.276 e. The second kappa shape index (κ2) is 6.16. The van der Waals surface area contributed by atoms with E-state index in [1.807, 2.05) is 68.9 Å². The standard InChI is InChI=1S/C17H19N5OS/c1-12-11-21(16(24-12)20-15(23)17(2,3)4)13-7-5-8-14(19-13)22-10-6-9-18-22/h5-11H,1-4H3. The van der Waals surface area contributed by atoms with Crippen LogP contribution >= 0.6 is 11.3 Å². The minimum atomic E-state index is -0.514. The van der Waals surface area contributed by atoms with Gasteiger partial charge in [0.05, 0.1) is 0 Å². The predicted molar refractivity (Wildman–Crippen MR) is 93.3 cm³/mol. The quantitative estimate of drug-likeness (QED) is 0.720. The first-order valence-corrected chi connectivity index (χ1v) is 8.42. The van der Waals surface area contributed by atoms with Gasteiger partial charge in [-0.3, -0.25) is 9.36 Å². The molecule has 0 aliphatic heterocycles. The lowest BCUT2D eigenvalue weighted by Gasteiger charge is -2.11. The third-order valence-corrected chi connectivity index (χ3v) is 4.21. The van der Waals surface area contributed by atoms with Crippen LogP contribution in [0.15, 0.2) is 47.8 Å². The average molecular weight is 341 g/mol. The van der Waals surface area contributed by atoms with E-state index in [0.29, 0.717) is 16.4 Å². The molecule has 0 spiro atoms. The van der Waals surface area contributed by atoms with E-state index >= 15 is 0 Å². The number of thiazole rings is 1. The molecule has 0 saturated heterocycles. The highest BCUT2D eigenvalue weighted by atomic mass is 32.1. The zero-order valence-electron chi connectivity index (χ0n) is 14.1. The van der Waals surface area contributed by atoms with Crippen molar-refractivity contribution in [1.82, 2.24) is 19.3 Å². The molecule has 0 aliphatic rings. The molecule has 3 heterocycles. The van der Waals surface area contributed by atoms with Gasteiger partial charge in [0.2, 0.25) is 0 Å². The van der Waals surface area contributed by atoms with E-state index < -0.39 is 5.41 Å². The molecule has 0 radical (unpaired) electrons. The van der Waals surface area contributed by atoms with Crippen molar-refractivity contribution >= 4 is 17.2 Å². The van der Waals surface area contributed by atoms with Gasteiger partial charge >= 0.3 is 0 Å². The van der Waals surface area contributed by atoms with Crippen LogP contribution in [-0.4, -0.2) is 25.2 Å². The van der Waals surface area contributed by atoms with Crippen LogP contribution in [0.2, 0.25) is 0 Å². The van der Waals surface area contributed by atoms with E-state index in [1.165, 1.54) is 11.3 Å². The molecule has 0 aliphatic carbocycles. The van der Waals surface area contributed by atoms with Gasteiger partial charge in [0.1, 0.15) is 5.82 Å². The molecule has 3 aromatic heterocycles. The van der Waals surface area contributed by atoms with Crippen LogP contribution in [0.4, 0.5) is 0 Å². The van der Waals surface area contributed by atoms with Crippen LogP contribution in [0, 0.1) is 12.3 Å². The largest absolute Gasteiger partial charge is 0.276 e. The highest BCUT2D eigenvalue weighted by Crippen LogP contribution is 2.16. The van der Waals surface area contributed by atoms with E-state index in [1.54, 1.807) is 10.9 Å². The fourth-order valence-electron chi connectivity index (χ4n) is 2.03. The molecule has 0 fully saturated rings. The van der Waals surface area contributed by atoms with Gasteiger partial charge in [-0.2, -0.15) is 10.1 Å². The highest BCUT2D eigenvalue weighted by molar-refractivity contribution is 7.09. The van der Waals surface area contributed by atoms with Crippen molar-refractivity contribution in [3.8, 4) is 11.6 Å². The normalized spacial score (nSPS) is 12.6. The van der Waals surface area contributed by atoms with Crippen LogP contribution < -0.4 is 4.80 Å². The Kier molecular flexibility index (Phi) is 4.19. The number of aryl methyl sites for hydroxylation is 1. The molecule has 0 unspecified atom stereocenters. The van der Waals surface area contributed by atoms with Crippen LogP contribution in [-0.2, 0) is 4.79 Å². The Morgan fingerprint density at radius 3 is 2.62 bits per heavy atom. The number of hydrogen-bond acceptors (Lipinski definition) is 4. The highest BCUT2D eigenvalue weighted by Gasteiger charge is 2.21. The van der Waals surface area contributed by atoms with E-state index in [9.17, 15) is 4.79 Å². The second-order valence-electron chi connectivity index (χ2n) is 6.47. The van der Waals surface area contributed by atoms with Crippen molar-refractivity contribution in [3.63, 3.8) is 0 Å². The summed E-state index contributed by atoms with van der Waals surface area (Å²) in [5.74, 6) is 1.26. The Labute approximate surface area is 144 Å². The summed E-state index contributed by atoms with van der Waals surface area (Å²) < 4.78 is 3.54. The van der Waals surface area contributed by atoms with Gasteiger partial charge in [-0.1, -0.05) is 26.8 Å². The Morgan fingerprint density at radius 1 is 1.21 bits per heavy atom. The fraction of sp³-hybridized carbons (Fsp3) is 0.294.